The van der Waals surface area contributed by atoms with Gasteiger partial charge in [0.15, 0.2) is 5.82 Å². The molecular formula is C12H16N6O2. The maximum absolute atomic E-state index is 11.8. The van der Waals surface area contributed by atoms with Gasteiger partial charge in [0.05, 0.1) is 13.1 Å². The summed E-state index contributed by atoms with van der Waals surface area (Å²) in [5, 5.41) is 13.8. The molecule has 0 saturated heterocycles. The SMILES string of the molecule is Cc1cc(NC(=O)CN[C@@H]2CCc3ncnn3C2)no1. The van der Waals surface area contributed by atoms with Crippen LogP contribution >= 0.6 is 0 Å². The summed E-state index contributed by atoms with van der Waals surface area (Å²) in [7, 11) is 0. The number of anilines is 1. The molecule has 8 heteroatoms. The predicted octanol–water partition coefficient (Wildman–Crippen LogP) is 0.118. The molecule has 20 heavy (non-hydrogen) atoms. The summed E-state index contributed by atoms with van der Waals surface area (Å²) >= 11 is 0. The van der Waals surface area contributed by atoms with Crippen LogP contribution in [-0.4, -0.2) is 38.4 Å². The van der Waals surface area contributed by atoms with Crippen molar-refractivity contribution in [3.8, 4) is 0 Å². The molecule has 0 aromatic carbocycles. The van der Waals surface area contributed by atoms with Gasteiger partial charge in [0.25, 0.3) is 0 Å². The van der Waals surface area contributed by atoms with Crippen LogP contribution in [0.15, 0.2) is 16.9 Å². The van der Waals surface area contributed by atoms with Gasteiger partial charge >= 0.3 is 0 Å². The number of hydrogen-bond donors (Lipinski definition) is 2. The van der Waals surface area contributed by atoms with Crippen molar-refractivity contribution in [3.63, 3.8) is 0 Å². The van der Waals surface area contributed by atoms with Crippen molar-refractivity contribution in [1.29, 1.82) is 0 Å². The van der Waals surface area contributed by atoms with Gasteiger partial charge < -0.3 is 15.2 Å². The number of amides is 1. The van der Waals surface area contributed by atoms with Gasteiger partial charge in [-0.2, -0.15) is 5.10 Å². The van der Waals surface area contributed by atoms with Crippen LogP contribution in [0.3, 0.4) is 0 Å². The maximum atomic E-state index is 11.8. The zero-order valence-corrected chi connectivity index (χ0v) is 11.2. The second kappa shape index (κ2) is 5.41. The minimum Gasteiger partial charge on any atom is -0.360 e. The van der Waals surface area contributed by atoms with Crippen LogP contribution in [-0.2, 0) is 17.8 Å². The van der Waals surface area contributed by atoms with Crippen molar-refractivity contribution in [3.05, 3.63) is 24.0 Å². The van der Waals surface area contributed by atoms with E-state index in [1.807, 2.05) is 4.68 Å². The van der Waals surface area contributed by atoms with E-state index in [0.717, 1.165) is 25.2 Å². The van der Waals surface area contributed by atoms with E-state index in [-0.39, 0.29) is 18.5 Å². The maximum Gasteiger partial charge on any atom is 0.239 e. The molecule has 0 saturated carbocycles. The van der Waals surface area contributed by atoms with Crippen LogP contribution in [0.1, 0.15) is 18.0 Å². The highest BCUT2D eigenvalue weighted by atomic mass is 16.5. The van der Waals surface area contributed by atoms with Crippen LogP contribution in [0.5, 0.6) is 0 Å². The summed E-state index contributed by atoms with van der Waals surface area (Å²) in [6.45, 7) is 2.75. The van der Waals surface area contributed by atoms with Gasteiger partial charge in [0, 0.05) is 18.5 Å². The Labute approximate surface area is 115 Å². The zero-order chi connectivity index (χ0) is 13.9. The quantitative estimate of drug-likeness (QED) is 0.823. The molecule has 0 radical (unpaired) electrons. The van der Waals surface area contributed by atoms with E-state index < -0.39 is 0 Å². The Morgan fingerprint density at radius 3 is 3.30 bits per heavy atom. The van der Waals surface area contributed by atoms with Crippen molar-refractivity contribution in [2.75, 3.05) is 11.9 Å². The average Bonchev–Trinajstić information content (AvgIpc) is 3.04. The summed E-state index contributed by atoms with van der Waals surface area (Å²) < 4.78 is 6.76. The Balaban J connectivity index is 1.47. The highest BCUT2D eigenvalue weighted by Crippen LogP contribution is 2.11. The van der Waals surface area contributed by atoms with E-state index in [0.29, 0.717) is 11.6 Å². The fraction of sp³-hybridized carbons (Fsp3) is 0.500. The molecule has 2 N–H and O–H groups in total. The zero-order valence-electron chi connectivity index (χ0n) is 11.2. The molecule has 1 aliphatic rings. The minimum atomic E-state index is -0.136. The lowest BCUT2D eigenvalue weighted by Gasteiger charge is -2.23. The van der Waals surface area contributed by atoms with Crippen LogP contribution < -0.4 is 10.6 Å². The molecule has 0 fully saturated rings. The third-order valence-corrected chi connectivity index (χ3v) is 3.25. The summed E-state index contributed by atoms with van der Waals surface area (Å²) in [6.07, 6.45) is 3.40. The average molecular weight is 276 g/mol. The normalized spacial score (nSPS) is 17.8. The molecule has 0 aliphatic carbocycles. The summed E-state index contributed by atoms with van der Waals surface area (Å²) in [5.41, 5.74) is 0. The molecule has 0 unspecified atom stereocenters. The Morgan fingerprint density at radius 2 is 2.50 bits per heavy atom. The van der Waals surface area contributed by atoms with E-state index in [1.54, 1.807) is 19.3 Å². The summed E-state index contributed by atoms with van der Waals surface area (Å²) in [6, 6.07) is 1.91. The highest BCUT2D eigenvalue weighted by Gasteiger charge is 2.20. The standard InChI is InChI=1S/C12H16N6O2/c1-8-4-10(17-20-8)16-12(19)5-13-9-2-3-11-14-7-15-18(11)6-9/h4,7,9,13H,2-3,5-6H2,1H3,(H,16,17,19)/t9-/m1/s1. The predicted molar refractivity (Wildman–Crippen MR) is 70.0 cm³/mol. The van der Waals surface area contributed by atoms with Gasteiger partial charge in [-0.05, 0) is 13.3 Å². The molecular weight excluding hydrogens is 260 g/mol. The second-order valence-electron chi connectivity index (χ2n) is 4.85. The van der Waals surface area contributed by atoms with E-state index in [2.05, 4.69) is 25.9 Å². The lowest BCUT2D eigenvalue weighted by Crippen LogP contribution is -2.41. The van der Waals surface area contributed by atoms with Crippen LogP contribution in [0, 0.1) is 6.92 Å². The van der Waals surface area contributed by atoms with E-state index in [1.165, 1.54) is 0 Å². The Morgan fingerprint density at radius 1 is 1.60 bits per heavy atom. The number of nitrogens with zero attached hydrogens (tertiary/aromatic N) is 4. The lowest BCUT2D eigenvalue weighted by molar-refractivity contribution is -0.115. The van der Waals surface area contributed by atoms with E-state index in [4.69, 9.17) is 4.52 Å². The van der Waals surface area contributed by atoms with Crippen LogP contribution in [0.2, 0.25) is 0 Å². The van der Waals surface area contributed by atoms with Crippen molar-refractivity contribution in [2.24, 2.45) is 0 Å². The number of rotatable bonds is 4. The summed E-state index contributed by atoms with van der Waals surface area (Å²) in [5.74, 6) is 1.98. The molecule has 8 nitrogen and oxygen atoms in total. The molecule has 0 spiro atoms. The smallest absolute Gasteiger partial charge is 0.239 e. The Kier molecular flexibility index (Phi) is 3.46. The molecule has 3 heterocycles. The van der Waals surface area contributed by atoms with Crippen molar-refractivity contribution in [2.45, 2.75) is 32.4 Å². The minimum absolute atomic E-state index is 0.136. The third-order valence-electron chi connectivity index (χ3n) is 3.25. The van der Waals surface area contributed by atoms with Crippen LogP contribution in [0.25, 0.3) is 0 Å². The van der Waals surface area contributed by atoms with E-state index >= 15 is 0 Å². The number of carbonyl (C=O) groups is 1. The fourth-order valence-electron chi connectivity index (χ4n) is 2.25. The molecule has 2 aromatic heterocycles. The monoisotopic (exact) mass is 276 g/mol. The largest absolute Gasteiger partial charge is 0.360 e. The summed E-state index contributed by atoms with van der Waals surface area (Å²) in [4.78, 5) is 15.9. The lowest BCUT2D eigenvalue weighted by atomic mass is 10.1. The molecule has 1 aliphatic heterocycles. The number of fused-ring (bicyclic) bond motifs is 1. The van der Waals surface area contributed by atoms with Crippen LogP contribution in [0.4, 0.5) is 5.82 Å². The van der Waals surface area contributed by atoms with Gasteiger partial charge in [-0.1, -0.05) is 5.16 Å². The first-order chi connectivity index (χ1) is 9.70. The molecule has 106 valence electrons. The first-order valence-electron chi connectivity index (χ1n) is 6.54. The van der Waals surface area contributed by atoms with Gasteiger partial charge in [-0.15, -0.1) is 0 Å². The van der Waals surface area contributed by atoms with E-state index in [9.17, 15) is 4.79 Å². The van der Waals surface area contributed by atoms with Gasteiger partial charge in [-0.25, -0.2) is 9.67 Å². The first-order valence-corrected chi connectivity index (χ1v) is 6.54. The van der Waals surface area contributed by atoms with Gasteiger partial charge in [0.1, 0.15) is 17.9 Å². The topological polar surface area (TPSA) is 97.9 Å². The molecule has 2 aromatic rings. The van der Waals surface area contributed by atoms with Gasteiger partial charge in [-0.3, -0.25) is 4.79 Å². The molecule has 0 bridgehead atoms. The third kappa shape index (κ3) is 2.85. The number of aryl methyl sites for hydroxylation is 2. The van der Waals surface area contributed by atoms with Crippen molar-refractivity contribution < 1.29 is 9.32 Å². The fourth-order valence-corrected chi connectivity index (χ4v) is 2.25. The molecule has 3 rings (SSSR count). The van der Waals surface area contributed by atoms with Crippen molar-refractivity contribution in [1.82, 2.24) is 25.2 Å². The number of aromatic nitrogens is 4. The highest BCUT2D eigenvalue weighted by molar-refractivity contribution is 5.91. The van der Waals surface area contributed by atoms with Crippen molar-refractivity contribution >= 4 is 11.7 Å². The molecule has 1 amide bonds. The molecule has 1 atom stereocenters. The number of nitrogens with one attached hydrogen (secondary N) is 2. The van der Waals surface area contributed by atoms with Gasteiger partial charge in [0.2, 0.25) is 5.91 Å². The second-order valence-corrected chi connectivity index (χ2v) is 4.85. The first kappa shape index (κ1) is 12.8. The Bertz CT molecular complexity index is 605. The Hall–Kier alpha value is -2.22. The number of carbonyl (C=O) groups excluding carboxylic acids is 1. The number of hydrogen-bond acceptors (Lipinski definition) is 6.